The first kappa shape index (κ1) is 30.8. The van der Waals surface area contributed by atoms with E-state index in [2.05, 4.69) is 0 Å². The van der Waals surface area contributed by atoms with Gasteiger partial charge in [0, 0.05) is 39.1 Å². The maximum Gasteiger partial charge on any atom is 0.319 e. The second kappa shape index (κ2) is 12.1. The van der Waals surface area contributed by atoms with E-state index in [1.54, 1.807) is 127 Å². The number of rotatable bonds is 8. The summed E-state index contributed by atoms with van der Waals surface area (Å²) in [5.74, 6) is -5.73. The lowest BCUT2D eigenvalue weighted by Gasteiger charge is -2.62. The minimum atomic E-state index is -1.98. The van der Waals surface area contributed by atoms with Crippen LogP contribution in [-0.2, 0) is 20.5 Å². The Balaban J connectivity index is 1.61. The second-order valence-electron chi connectivity index (χ2n) is 12.0. The van der Waals surface area contributed by atoms with E-state index in [9.17, 15) is 9.59 Å². The molecule has 0 radical (unpaired) electrons. The Morgan fingerprint density at radius 2 is 1.06 bits per heavy atom. The highest BCUT2D eigenvalue weighted by atomic mass is 35.5. The first-order chi connectivity index (χ1) is 22.8. The number of benzene rings is 5. The number of Topliss-reactive ketones (excluding diaryl/α,β-unsaturated/α-hetero) is 3. The highest BCUT2D eigenvalue weighted by Crippen LogP contribution is 2.66. The molecule has 3 fully saturated rings. The molecule has 0 aromatic heterocycles. The number of esters is 1. The third-order valence-corrected chi connectivity index (χ3v) is 10.2. The Morgan fingerprint density at radius 3 is 1.57 bits per heavy atom. The molecular formula is C40H28Cl2O5. The lowest BCUT2D eigenvalue weighted by atomic mass is 9.43. The average molecular weight is 660 g/mol. The van der Waals surface area contributed by atoms with Gasteiger partial charge >= 0.3 is 5.97 Å². The lowest BCUT2D eigenvalue weighted by molar-refractivity contribution is -0.220. The third-order valence-electron chi connectivity index (χ3n) is 9.69. The fourth-order valence-corrected chi connectivity index (χ4v) is 8.28. The first-order valence-electron chi connectivity index (χ1n) is 15.3. The van der Waals surface area contributed by atoms with Gasteiger partial charge in [-0.1, -0.05) is 151 Å². The molecule has 0 N–H and O–H groups in total. The first-order valence-corrected chi connectivity index (χ1v) is 16.1. The fraction of sp³-hybridized carbons (Fsp3) is 0.150. The number of hydrogen-bond acceptors (Lipinski definition) is 5. The Labute approximate surface area is 282 Å². The Bertz CT molecular complexity index is 2000. The van der Waals surface area contributed by atoms with Gasteiger partial charge in [0.15, 0.2) is 17.3 Å². The SMILES string of the molecule is O=C(c1ccccc1)C1C[C@]2(c3ccccc3)OC(=O)[C@]1(c1ccc(Cl)cc1Cl)[C@H](C(=O)c1ccccc1)[C@@H]2C(=O)c1ccccc1. The van der Waals surface area contributed by atoms with Crippen molar-refractivity contribution in [1.29, 1.82) is 0 Å². The zero-order chi connectivity index (χ0) is 32.8. The number of halogens is 2. The average Bonchev–Trinajstić information content (AvgIpc) is 3.12. The molecule has 5 nitrogen and oxygen atoms in total. The minimum Gasteiger partial charge on any atom is -0.453 e. The van der Waals surface area contributed by atoms with E-state index < -0.39 is 40.5 Å². The van der Waals surface area contributed by atoms with Crippen LogP contribution in [0.15, 0.2) is 140 Å². The molecule has 47 heavy (non-hydrogen) atoms. The standard InChI is InChI=1S/C40H28Cl2O5/c41-29-21-22-30(32(42)23-29)40-31(35(43)25-13-5-1-6-14-25)24-39(47-38(40)46,28-19-11-4-12-20-28)33(36(44)26-15-7-2-8-16-26)34(40)37(45)27-17-9-3-10-18-27/h1-23,31,33-34H,24H2/t31?,33-,34+,39-,40+/m1/s1. The van der Waals surface area contributed by atoms with Gasteiger partial charge in [-0.15, -0.1) is 0 Å². The van der Waals surface area contributed by atoms with Gasteiger partial charge in [-0.05, 0) is 23.3 Å². The normalized spacial score (nSPS) is 24.7. The predicted molar refractivity (Wildman–Crippen MR) is 180 cm³/mol. The van der Waals surface area contributed by atoms with Crippen molar-refractivity contribution in [2.45, 2.75) is 17.4 Å². The summed E-state index contributed by atoms with van der Waals surface area (Å²) in [6, 6.07) is 39.4. The van der Waals surface area contributed by atoms with Crippen LogP contribution in [-0.4, -0.2) is 23.3 Å². The molecule has 5 atom stereocenters. The van der Waals surface area contributed by atoms with Crippen LogP contribution in [0.5, 0.6) is 0 Å². The molecule has 0 spiro atoms. The van der Waals surface area contributed by atoms with Gasteiger partial charge in [-0.2, -0.15) is 0 Å². The summed E-state index contributed by atoms with van der Waals surface area (Å²) in [5, 5.41) is 0.397. The molecule has 1 aliphatic carbocycles. The highest BCUT2D eigenvalue weighted by Gasteiger charge is 2.76. The maximum atomic E-state index is 15.2. The molecule has 2 bridgehead atoms. The van der Waals surface area contributed by atoms with Crippen LogP contribution in [0.1, 0.15) is 48.6 Å². The minimum absolute atomic E-state index is 0.0583. The van der Waals surface area contributed by atoms with E-state index in [1.807, 2.05) is 6.07 Å². The molecule has 2 aliphatic heterocycles. The lowest BCUT2D eigenvalue weighted by Crippen LogP contribution is -2.73. The predicted octanol–water partition coefficient (Wildman–Crippen LogP) is 8.58. The summed E-state index contributed by atoms with van der Waals surface area (Å²) in [6.07, 6.45) is -0.0583. The molecule has 1 saturated carbocycles. The number of carbonyl (C=O) groups excluding carboxylic acids is 4. The number of hydrogen-bond donors (Lipinski definition) is 0. The van der Waals surface area contributed by atoms with Gasteiger partial charge < -0.3 is 4.74 Å². The quantitative estimate of drug-likeness (QED) is 0.123. The molecule has 2 saturated heterocycles. The molecule has 8 rings (SSSR count). The number of carbonyl (C=O) groups is 4. The summed E-state index contributed by atoms with van der Waals surface area (Å²) in [6.45, 7) is 0. The topological polar surface area (TPSA) is 77.5 Å². The molecule has 0 amide bonds. The van der Waals surface area contributed by atoms with Crippen molar-refractivity contribution >= 4 is 46.5 Å². The Hall–Kier alpha value is -4.84. The third kappa shape index (κ3) is 4.84. The van der Waals surface area contributed by atoms with Crippen molar-refractivity contribution in [2.24, 2.45) is 17.8 Å². The highest BCUT2D eigenvalue weighted by molar-refractivity contribution is 6.35. The van der Waals surface area contributed by atoms with Crippen LogP contribution in [0.2, 0.25) is 10.0 Å². The van der Waals surface area contributed by atoms with Crippen molar-refractivity contribution in [3.63, 3.8) is 0 Å². The summed E-state index contributed by atoms with van der Waals surface area (Å²) < 4.78 is 6.53. The van der Waals surface area contributed by atoms with E-state index in [0.29, 0.717) is 27.3 Å². The number of fused-ring (bicyclic) bond motifs is 3. The monoisotopic (exact) mass is 658 g/mol. The number of ketones is 3. The van der Waals surface area contributed by atoms with Crippen molar-refractivity contribution in [3.05, 3.63) is 177 Å². The van der Waals surface area contributed by atoms with E-state index in [1.165, 1.54) is 6.07 Å². The number of ether oxygens (including phenoxy) is 1. The van der Waals surface area contributed by atoms with Crippen LogP contribution in [0.25, 0.3) is 0 Å². The van der Waals surface area contributed by atoms with Crippen molar-refractivity contribution in [2.75, 3.05) is 0 Å². The van der Waals surface area contributed by atoms with Gasteiger partial charge in [-0.3, -0.25) is 19.2 Å². The van der Waals surface area contributed by atoms with Crippen molar-refractivity contribution in [3.8, 4) is 0 Å². The maximum absolute atomic E-state index is 15.2. The Morgan fingerprint density at radius 1 is 0.596 bits per heavy atom. The van der Waals surface area contributed by atoms with Crippen LogP contribution < -0.4 is 0 Å². The summed E-state index contributed by atoms with van der Waals surface area (Å²) in [4.78, 5) is 60.1. The van der Waals surface area contributed by atoms with Crippen molar-refractivity contribution < 1.29 is 23.9 Å². The zero-order valence-corrected chi connectivity index (χ0v) is 26.5. The molecule has 3 aliphatic rings. The van der Waals surface area contributed by atoms with E-state index in [-0.39, 0.29) is 28.6 Å². The molecule has 7 heteroatoms. The molecule has 2 heterocycles. The molecule has 5 aromatic carbocycles. The van der Waals surface area contributed by atoms with Gasteiger partial charge in [0.2, 0.25) is 0 Å². The van der Waals surface area contributed by atoms with Crippen LogP contribution in [0.4, 0.5) is 0 Å². The van der Waals surface area contributed by atoms with Gasteiger partial charge in [0.1, 0.15) is 11.0 Å². The molecular weight excluding hydrogens is 631 g/mol. The fourth-order valence-electron chi connectivity index (χ4n) is 7.72. The van der Waals surface area contributed by atoms with E-state index >= 15 is 9.59 Å². The smallest absolute Gasteiger partial charge is 0.319 e. The molecule has 1 unspecified atom stereocenters. The van der Waals surface area contributed by atoms with Crippen molar-refractivity contribution in [1.82, 2.24) is 0 Å². The van der Waals surface area contributed by atoms with E-state index in [4.69, 9.17) is 27.9 Å². The summed E-state index contributed by atoms with van der Waals surface area (Å²) >= 11 is 13.3. The van der Waals surface area contributed by atoms with Crippen LogP contribution in [0, 0.1) is 17.8 Å². The Kier molecular flexibility index (Phi) is 7.91. The molecule has 232 valence electrons. The van der Waals surface area contributed by atoms with Crippen LogP contribution >= 0.6 is 23.2 Å². The van der Waals surface area contributed by atoms with Crippen LogP contribution in [0.3, 0.4) is 0 Å². The zero-order valence-electron chi connectivity index (χ0n) is 25.0. The van der Waals surface area contributed by atoms with Gasteiger partial charge in [-0.25, -0.2) is 0 Å². The van der Waals surface area contributed by atoms with Gasteiger partial charge in [0.05, 0.1) is 11.8 Å². The second-order valence-corrected chi connectivity index (χ2v) is 12.9. The van der Waals surface area contributed by atoms with E-state index in [0.717, 1.165) is 0 Å². The molecule has 5 aromatic rings. The summed E-state index contributed by atoms with van der Waals surface area (Å²) in [7, 11) is 0. The van der Waals surface area contributed by atoms with Gasteiger partial charge in [0.25, 0.3) is 0 Å². The largest absolute Gasteiger partial charge is 0.453 e. The summed E-state index contributed by atoms with van der Waals surface area (Å²) in [5.41, 5.74) is -1.89.